The SMILES string of the molecule is Cc1ncsc1CN1CCc2c(nc(C(C)(C)C)[nH]c2=O)C1. The Balaban J connectivity index is 1.87. The molecule has 0 aromatic carbocycles. The van der Waals surface area contributed by atoms with Crippen LogP contribution in [0, 0.1) is 6.92 Å². The zero-order valence-corrected chi connectivity index (χ0v) is 14.4. The molecule has 0 aliphatic carbocycles. The number of aryl methyl sites for hydroxylation is 1. The Hall–Kier alpha value is -1.53. The second kappa shape index (κ2) is 5.59. The van der Waals surface area contributed by atoms with Gasteiger partial charge in [-0.3, -0.25) is 9.69 Å². The monoisotopic (exact) mass is 318 g/mol. The van der Waals surface area contributed by atoms with Gasteiger partial charge in [0, 0.05) is 35.5 Å². The molecule has 1 aliphatic heterocycles. The molecule has 0 amide bonds. The maximum Gasteiger partial charge on any atom is 0.254 e. The summed E-state index contributed by atoms with van der Waals surface area (Å²) >= 11 is 1.69. The van der Waals surface area contributed by atoms with Crippen molar-refractivity contribution in [3.63, 3.8) is 0 Å². The molecule has 22 heavy (non-hydrogen) atoms. The van der Waals surface area contributed by atoms with E-state index in [9.17, 15) is 4.79 Å². The molecule has 0 spiro atoms. The van der Waals surface area contributed by atoms with E-state index in [4.69, 9.17) is 4.98 Å². The second-order valence-electron chi connectivity index (χ2n) is 6.91. The van der Waals surface area contributed by atoms with Crippen LogP contribution in [0.25, 0.3) is 0 Å². The van der Waals surface area contributed by atoms with E-state index in [1.165, 1.54) is 4.88 Å². The van der Waals surface area contributed by atoms with Crippen LogP contribution in [0.5, 0.6) is 0 Å². The molecular weight excluding hydrogens is 296 g/mol. The summed E-state index contributed by atoms with van der Waals surface area (Å²) in [6.07, 6.45) is 0.764. The van der Waals surface area contributed by atoms with Crippen LogP contribution in [0.1, 0.15) is 48.4 Å². The predicted octanol–water partition coefficient (Wildman–Crippen LogP) is 2.39. The summed E-state index contributed by atoms with van der Waals surface area (Å²) in [5, 5.41) is 0. The summed E-state index contributed by atoms with van der Waals surface area (Å²) in [6, 6.07) is 0. The van der Waals surface area contributed by atoms with Crippen molar-refractivity contribution in [3.05, 3.63) is 43.5 Å². The second-order valence-corrected chi connectivity index (χ2v) is 7.85. The summed E-state index contributed by atoms with van der Waals surface area (Å²) in [5.41, 5.74) is 4.66. The van der Waals surface area contributed by atoms with Gasteiger partial charge < -0.3 is 4.98 Å². The lowest BCUT2D eigenvalue weighted by Crippen LogP contribution is -2.36. The van der Waals surface area contributed by atoms with Gasteiger partial charge in [-0.05, 0) is 13.3 Å². The van der Waals surface area contributed by atoms with E-state index in [0.29, 0.717) is 0 Å². The van der Waals surface area contributed by atoms with Crippen molar-refractivity contribution in [2.45, 2.75) is 52.6 Å². The molecule has 0 atom stereocenters. The highest BCUT2D eigenvalue weighted by molar-refractivity contribution is 7.09. The van der Waals surface area contributed by atoms with Crippen LogP contribution in [0.15, 0.2) is 10.3 Å². The van der Waals surface area contributed by atoms with Gasteiger partial charge in [0.1, 0.15) is 5.82 Å². The van der Waals surface area contributed by atoms with Crippen LogP contribution in [0.3, 0.4) is 0 Å². The first-order valence-corrected chi connectivity index (χ1v) is 8.46. The van der Waals surface area contributed by atoms with E-state index >= 15 is 0 Å². The Labute approximate surface area is 134 Å². The zero-order valence-electron chi connectivity index (χ0n) is 13.6. The Bertz CT molecular complexity index is 741. The third-order valence-electron chi connectivity index (χ3n) is 4.08. The Morgan fingerprint density at radius 2 is 2.18 bits per heavy atom. The van der Waals surface area contributed by atoms with Gasteiger partial charge in [-0.15, -0.1) is 11.3 Å². The molecule has 1 aliphatic rings. The minimum absolute atomic E-state index is 0.0311. The molecule has 3 heterocycles. The molecule has 5 nitrogen and oxygen atoms in total. The van der Waals surface area contributed by atoms with Gasteiger partial charge in [-0.2, -0.15) is 0 Å². The lowest BCUT2D eigenvalue weighted by molar-refractivity contribution is 0.241. The molecular formula is C16H22N4OS. The van der Waals surface area contributed by atoms with E-state index in [2.05, 4.69) is 35.6 Å². The third-order valence-corrected chi connectivity index (χ3v) is 4.99. The molecule has 3 rings (SSSR count). The van der Waals surface area contributed by atoms with Crippen LogP contribution in [-0.2, 0) is 24.9 Å². The van der Waals surface area contributed by atoms with E-state index in [-0.39, 0.29) is 11.0 Å². The number of thiazole rings is 1. The highest BCUT2D eigenvalue weighted by Crippen LogP contribution is 2.22. The number of fused-ring (bicyclic) bond motifs is 1. The quantitative estimate of drug-likeness (QED) is 0.923. The van der Waals surface area contributed by atoms with Crippen molar-refractivity contribution in [1.29, 1.82) is 0 Å². The van der Waals surface area contributed by atoms with Crippen molar-refractivity contribution < 1.29 is 0 Å². The molecule has 118 valence electrons. The zero-order chi connectivity index (χ0) is 15.9. The van der Waals surface area contributed by atoms with Gasteiger partial charge in [0.2, 0.25) is 0 Å². The molecule has 0 unspecified atom stereocenters. The summed E-state index contributed by atoms with van der Waals surface area (Å²) in [6.45, 7) is 10.8. The Morgan fingerprint density at radius 3 is 2.82 bits per heavy atom. The number of aromatic amines is 1. The van der Waals surface area contributed by atoms with Gasteiger partial charge >= 0.3 is 0 Å². The lowest BCUT2D eigenvalue weighted by atomic mass is 9.95. The highest BCUT2D eigenvalue weighted by Gasteiger charge is 2.25. The molecule has 0 saturated heterocycles. The van der Waals surface area contributed by atoms with Crippen molar-refractivity contribution in [2.24, 2.45) is 0 Å². The van der Waals surface area contributed by atoms with Crippen LogP contribution >= 0.6 is 11.3 Å². The number of hydrogen-bond donors (Lipinski definition) is 1. The van der Waals surface area contributed by atoms with Crippen LogP contribution in [-0.4, -0.2) is 26.4 Å². The van der Waals surface area contributed by atoms with Crippen LogP contribution in [0.2, 0.25) is 0 Å². The Kier molecular flexibility index (Phi) is 3.91. The standard InChI is InChI=1S/C16H22N4OS/c1-10-13(22-9-17-10)8-20-6-5-11-12(7-20)18-15(16(2,3)4)19-14(11)21/h9H,5-8H2,1-4H3,(H,18,19,21). The van der Waals surface area contributed by atoms with Crippen LogP contribution in [0.4, 0.5) is 0 Å². The summed E-state index contributed by atoms with van der Waals surface area (Å²) < 4.78 is 0. The minimum Gasteiger partial charge on any atom is -0.310 e. The molecule has 0 bridgehead atoms. The number of hydrogen-bond acceptors (Lipinski definition) is 5. The first-order chi connectivity index (χ1) is 10.3. The largest absolute Gasteiger partial charge is 0.310 e. The summed E-state index contributed by atoms with van der Waals surface area (Å²) in [7, 11) is 0. The summed E-state index contributed by atoms with van der Waals surface area (Å²) in [4.78, 5) is 27.9. The lowest BCUT2D eigenvalue weighted by Gasteiger charge is -2.28. The van der Waals surface area contributed by atoms with Gasteiger partial charge in [0.15, 0.2) is 0 Å². The molecule has 6 heteroatoms. The molecule has 0 saturated carbocycles. The fourth-order valence-electron chi connectivity index (χ4n) is 2.67. The van der Waals surface area contributed by atoms with Gasteiger partial charge in [-0.25, -0.2) is 9.97 Å². The van der Waals surface area contributed by atoms with Gasteiger partial charge in [0.05, 0.1) is 16.9 Å². The van der Waals surface area contributed by atoms with E-state index in [1.807, 2.05) is 12.4 Å². The van der Waals surface area contributed by atoms with Crippen molar-refractivity contribution >= 4 is 11.3 Å². The fraction of sp³-hybridized carbons (Fsp3) is 0.562. The smallest absolute Gasteiger partial charge is 0.254 e. The minimum atomic E-state index is -0.148. The normalized spacial score (nSPS) is 15.8. The van der Waals surface area contributed by atoms with Gasteiger partial charge in [-0.1, -0.05) is 20.8 Å². The molecule has 0 radical (unpaired) electrons. The average Bonchev–Trinajstić information content (AvgIpc) is 2.83. The number of H-pyrrole nitrogens is 1. The number of nitrogens with one attached hydrogen (secondary N) is 1. The van der Waals surface area contributed by atoms with Crippen molar-refractivity contribution in [2.75, 3.05) is 6.54 Å². The highest BCUT2D eigenvalue weighted by atomic mass is 32.1. The first kappa shape index (κ1) is 15.4. The molecule has 0 fully saturated rings. The fourth-order valence-corrected chi connectivity index (χ4v) is 3.48. The molecule has 2 aromatic rings. The van der Waals surface area contributed by atoms with E-state index < -0.39 is 0 Å². The van der Waals surface area contributed by atoms with E-state index in [0.717, 1.165) is 48.8 Å². The molecule has 2 aromatic heterocycles. The maximum atomic E-state index is 12.3. The maximum absolute atomic E-state index is 12.3. The average molecular weight is 318 g/mol. The van der Waals surface area contributed by atoms with Gasteiger partial charge in [0.25, 0.3) is 5.56 Å². The molecule has 1 N–H and O–H groups in total. The van der Waals surface area contributed by atoms with E-state index in [1.54, 1.807) is 11.3 Å². The predicted molar refractivity (Wildman–Crippen MR) is 88.2 cm³/mol. The van der Waals surface area contributed by atoms with Crippen LogP contribution < -0.4 is 5.56 Å². The summed E-state index contributed by atoms with van der Waals surface area (Å²) in [5.74, 6) is 0.770. The number of aromatic nitrogens is 3. The number of nitrogens with zero attached hydrogens (tertiary/aromatic N) is 3. The van der Waals surface area contributed by atoms with Crippen molar-refractivity contribution in [1.82, 2.24) is 19.9 Å². The third kappa shape index (κ3) is 2.98. The topological polar surface area (TPSA) is 61.9 Å². The first-order valence-electron chi connectivity index (χ1n) is 7.58. The number of rotatable bonds is 2. The Morgan fingerprint density at radius 1 is 1.41 bits per heavy atom. The van der Waals surface area contributed by atoms with Crippen molar-refractivity contribution in [3.8, 4) is 0 Å².